The van der Waals surface area contributed by atoms with E-state index >= 15 is 0 Å². The van der Waals surface area contributed by atoms with E-state index in [1.165, 1.54) is 5.57 Å². The van der Waals surface area contributed by atoms with Gasteiger partial charge in [0.2, 0.25) is 0 Å². The molecule has 0 radical (unpaired) electrons. The number of allylic oxidation sites excluding steroid dienone is 1. The first-order valence-electron chi connectivity index (χ1n) is 4.23. The molecule has 1 aliphatic heterocycles. The highest BCUT2D eigenvalue weighted by Gasteiger charge is 1.94. The van der Waals surface area contributed by atoms with Crippen LogP contribution in [-0.4, -0.2) is 19.6 Å². The molecule has 0 bridgehead atoms. The van der Waals surface area contributed by atoms with Crippen LogP contribution in [0.5, 0.6) is 0 Å². The van der Waals surface area contributed by atoms with Crippen molar-refractivity contribution in [3.05, 3.63) is 23.9 Å². The highest BCUT2D eigenvalue weighted by Crippen LogP contribution is 2.03. The van der Waals surface area contributed by atoms with Crippen molar-refractivity contribution in [3.63, 3.8) is 0 Å². The van der Waals surface area contributed by atoms with Crippen molar-refractivity contribution in [1.29, 1.82) is 0 Å². The van der Waals surface area contributed by atoms with E-state index in [0.717, 1.165) is 26.1 Å². The SMILES string of the molecule is CCNCCC1=CCNC=C1. The van der Waals surface area contributed by atoms with Gasteiger partial charge < -0.3 is 10.6 Å². The maximum atomic E-state index is 3.30. The number of rotatable bonds is 4. The Morgan fingerprint density at radius 3 is 3.18 bits per heavy atom. The van der Waals surface area contributed by atoms with E-state index in [-0.39, 0.29) is 0 Å². The molecule has 2 heteroatoms. The summed E-state index contributed by atoms with van der Waals surface area (Å²) in [7, 11) is 0. The topological polar surface area (TPSA) is 24.1 Å². The van der Waals surface area contributed by atoms with E-state index in [9.17, 15) is 0 Å². The predicted octanol–water partition coefficient (Wildman–Crippen LogP) is 1.03. The number of hydrogen-bond donors (Lipinski definition) is 2. The Morgan fingerprint density at radius 2 is 2.55 bits per heavy atom. The van der Waals surface area contributed by atoms with Crippen LogP contribution in [0.25, 0.3) is 0 Å². The van der Waals surface area contributed by atoms with E-state index in [0.29, 0.717) is 0 Å². The Balaban J connectivity index is 2.15. The van der Waals surface area contributed by atoms with Gasteiger partial charge in [-0.1, -0.05) is 13.0 Å². The molecule has 2 N–H and O–H groups in total. The maximum Gasteiger partial charge on any atom is 0.0331 e. The minimum Gasteiger partial charge on any atom is -0.387 e. The zero-order valence-corrected chi connectivity index (χ0v) is 7.06. The fraction of sp³-hybridized carbons (Fsp3) is 0.556. The van der Waals surface area contributed by atoms with Crippen molar-refractivity contribution in [2.24, 2.45) is 0 Å². The summed E-state index contributed by atoms with van der Waals surface area (Å²) in [6.45, 7) is 5.27. The molecule has 1 aliphatic rings. The van der Waals surface area contributed by atoms with Gasteiger partial charge >= 0.3 is 0 Å². The third-order valence-corrected chi connectivity index (χ3v) is 1.74. The summed E-state index contributed by atoms with van der Waals surface area (Å²) < 4.78 is 0. The fourth-order valence-corrected chi connectivity index (χ4v) is 1.09. The monoisotopic (exact) mass is 152 g/mol. The van der Waals surface area contributed by atoms with Gasteiger partial charge in [0.25, 0.3) is 0 Å². The lowest BCUT2D eigenvalue weighted by Gasteiger charge is -2.07. The number of hydrogen-bond acceptors (Lipinski definition) is 2. The van der Waals surface area contributed by atoms with Crippen molar-refractivity contribution in [2.45, 2.75) is 13.3 Å². The lowest BCUT2D eigenvalue weighted by atomic mass is 10.1. The van der Waals surface area contributed by atoms with Crippen LogP contribution in [0.2, 0.25) is 0 Å². The molecule has 1 rings (SSSR count). The highest BCUT2D eigenvalue weighted by molar-refractivity contribution is 5.22. The highest BCUT2D eigenvalue weighted by atomic mass is 14.8. The van der Waals surface area contributed by atoms with Crippen LogP contribution in [0.1, 0.15) is 13.3 Å². The van der Waals surface area contributed by atoms with Gasteiger partial charge in [-0.15, -0.1) is 0 Å². The molecule has 0 fully saturated rings. The van der Waals surface area contributed by atoms with Gasteiger partial charge in [-0.2, -0.15) is 0 Å². The zero-order valence-electron chi connectivity index (χ0n) is 7.06. The molecule has 0 unspecified atom stereocenters. The molecule has 0 atom stereocenters. The lowest BCUT2D eigenvalue weighted by molar-refractivity contribution is 0.714. The molecule has 62 valence electrons. The first-order chi connectivity index (χ1) is 5.43. The summed E-state index contributed by atoms with van der Waals surface area (Å²) in [6.07, 6.45) is 7.53. The smallest absolute Gasteiger partial charge is 0.0331 e. The van der Waals surface area contributed by atoms with Crippen LogP contribution < -0.4 is 10.6 Å². The number of dihydropyridines is 1. The van der Waals surface area contributed by atoms with Gasteiger partial charge in [-0.05, 0) is 37.4 Å². The Labute approximate surface area is 68.4 Å². The normalized spacial score (nSPS) is 15.9. The van der Waals surface area contributed by atoms with Crippen molar-refractivity contribution >= 4 is 0 Å². The summed E-state index contributed by atoms with van der Waals surface area (Å²) in [4.78, 5) is 0. The van der Waals surface area contributed by atoms with Crippen LogP contribution in [0, 0.1) is 0 Å². The third-order valence-electron chi connectivity index (χ3n) is 1.74. The molecule has 0 aliphatic carbocycles. The molecule has 1 heterocycles. The lowest BCUT2D eigenvalue weighted by Crippen LogP contribution is -2.16. The van der Waals surface area contributed by atoms with Crippen molar-refractivity contribution in [2.75, 3.05) is 19.6 Å². The first kappa shape index (κ1) is 8.34. The summed E-state index contributed by atoms with van der Waals surface area (Å²) in [5, 5.41) is 6.43. The summed E-state index contributed by atoms with van der Waals surface area (Å²) >= 11 is 0. The van der Waals surface area contributed by atoms with Gasteiger partial charge in [0, 0.05) is 6.54 Å². The second-order valence-electron chi connectivity index (χ2n) is 2.62. The molecule has 0 spiro atoms. The van der Waals surface area contributed by atoms with Crippen LogP contribution in [0.3, 0.4) is 0 Å². The second kappa shape index (κ2) is 4.97. The fourth-order valence-electron chi connectivity index (χ4n) is 1.09. The molecular weight excluding hydrogens is 136 g/mol. The standard InChI is InChI=1S/C9H16N2/c1-2-10-6-3-9-4-7-11-8-5-9/h4-5,7,10-11H,2-3,6,8H2,1H3. The van der Waals surface area contributed by atoms with Gasteiger partial charge in [0.15, 0.2) is 0 Å². The van der Waals surface area contributed by atoms with Crippen LogP contribution in [0.15, 0.2) is 23.9 Å². The Morgan fingerprint density at radius 1 is 1.64 bits per heavy atom. The van der Waals surface area contributed by atoms with Crippen molar-refractivity contribution < 1.29 is 0 Å². The number of nitrogens with one attached hydrogen (secondary N) is 2. The van der Waals surface area contributed by atoms with Gasteiger partial charge in [0.1, 0.15) is 0 Å². The third kappa shape index (κ3) is 3.23. The molecular formula is C9H16N2. The van der Waals surface area contributed by atoms with E-state index in [1.54, 1.807) is 0 Å². The molecule has 0 amide bonds. The Bertz CT molecular complexity index is 159. The van der Waals surface area contributed by atoms with Crippen molar-refractivity contribution in [3.8, 4) is 0 Å². The molecule has 0 aromatic carbocycles. The van der Waals surface area contributed by atoms with Gasteiger partial charge in [-0.3, -0.25) is 0 Å². The first-order valence-corrected chi connectivity index (χ1v) is 4.23. The Hall–Kier alpha value is -0.760. The molecule has 0 saturated heterocycles. The largest absolute Gasteiger partial charge is 0.387 e. The molecule has 0 saturated carbocycles. The Kier molecular flexibility index (Phi) is 3.76. The maximum absolute atomic E-state index is 3.30. The second-order valence-corrected chi connectivity index (χ2v) is 2.62. The molecule has 11 heavy (non-hydrogen) atoms. The average Bonchev–Trinajstić information content (AvgIpc) is 2.07. The minimum absolute atomic E-state index is 0.984. The van der Waals surface area contributed by atoms with E-state index in [2.05, 4.69) is 29.7 Å². The zero-order chi connectivity index (χ0) is 7.94. The van der Waals surface area contributed by atoms with E-state index in [1.807, 2.05) is 6.20 Å². The van der Waals surface area contributed by atoms with E-state index < -0.39 is 0 Å². The van der Waals surface area contributed by atoms with Crippen molar-refractivity contribution in [1.82, 2.24) is 10.6 Å². The van der Waals surface area contributed by atoms with Crippen LogP contribution in [-0.2, 0) is 0 Å². The van der Waals surface area contributed by atoms with Crippen LogP contribution >= 0.6 is 0 Å². The van der Waals surface area contributed by atoms with Gasteiger partial charge in [-0.25, -0.2) is 0 Å². The minimum atomic E-state index is 0.984. The summed E-state index contributed by atoms with van der Waals surface area (Å²) in [6, 6.07) is 0. The molecule has 0 aromatic heterocycles. The van der Waals surface area contributed by atoms with E-state index in [4.69, 9.17) is 0 Å². The summed E-state index contributed by atoms with van der Waals surface area (Å²) in [5.41, 5.74) is 1.43. The quantitative estimate of drug-likeness (QED) is 0.588. The molecule has 0 aromatic rings. The van der Waals surface area contributed by atoms with Gasteiger partial charge in [0.05, 0.1) is 0 Å². The van der Waals surface area contributed by atoms with Crippen LogP contribution in [0.4, 0.5) is 0 Å². The predicted molar refractivity (Wildman–Crippen MR) is 48.4 cm³/mol. The average molecular weight is 152 g/mol. The molecule has 2 nitrogen and oxygen atoms in total. The summed E-state index contributed by atoms with van der Waals surface area (Å²) in [5.74, 6) is 0.